The van der Waals surface area contributed by atoms with E-state index in [-0.39, 0.29) is 0 Å². The van der Waals surface area contributed by atoms with Gasteiger partial charge in [-0.3, -0.25) is 0 Å². The Morgan fingerprint density at radius 3 is 2.41 bits per heavy atom. The SMILES string of the molecule is CCc1cccc(CC)c1Nc1cnnc(N2CCCC2)n1. The van der Waals surface area contributed by atoms with Gasteiger partial charge in [0, 0.05) is 18.8 Å². The predicted octanol–water partition coefficient (Wildman–Crippen LogP) is 3.34. The Hall–Kier alpha value is -2.17. The van der Waals surface area contributed by atoms with Gasteiger partial charge in [-0.1, -0.05) is 32.0 Å². The van der Waals surface area contributed by atoms with Crippen LogP contribution in [0.4, 0.5) is 17.5 Å². The molecule has 0 saturated carbocycles. The Morgan fingerprint density at radius 1 is 1.09 bits per heavy atom. The molecule has 0 radical (unpaired) electrons. The first kappa shape index (κ1) is 14.8. The van der Waals surface area contributed by atoms with Crippen molar-refractivity contribution < 1.29 is 0 Å². The van der Waals surface area contributed by atoms with Crippen molar-refractivity contribution in [2.24, 2.45) is 0 Å². The van der Waals surface area contributed by atoms with Crippen LogP contribution in [0.1, 0.15) is 37.8 Å². The zero-order valence-corrected chi connectivity index (χ0v) is 13.3. The second-order valence-electron chi connectivity index (χ2n) is 5.62. The molecule has 1 aromatic carbocycles. The molecule has 0 unspecified atom stereocenters. The molecule has 3 rings (SSSR count). The largest absolute Gasteiger partial charge is 0.339 e. The molecule has 1 aliphatic heterocycles. The maximum absolute atomic E-state index is 4.64. The summed E-state index contributed by atoms with van der Waals surface area (Å²) in [6.07, 6.45) is 6.10. The van der Waals surface area contributed by atoms with Crippen molar-refractivity contribution in [1.29, 1.82) is 0 Å². The molecule has 2 heterocycles. The van der Waals surface area contributed by atoms with E-state index in [1.807, 2.05) is 0 Å². The maximum Gasteiger partial charge on any atom is 0.247 e. The lowest BCUT2D eigenvalue weighted by Gasteiger charge is -2.17. The number of nitrogens with one attached hydrogen (secondary N) is 1. The highest BCUT2D eigenvalue weighted by Gasteiger charge is 2.16. The number of nitrogens with zero attached hydrogens (tertiary/aromatic N) is 4. The fraction of sp³-hybridized carbons (Fsp3) is 0.471. The minimum Gasteiger partial charge on any atom is -0.339 e. The number of anilines is 3. The van der Waals surface area contributed by atoms with Crippen LogP contribution < -0.4 is 10.2 Å². The van der Waals surface area contributed by atoms with Gasteiger partial charge in [-0.05, 0) is 36.8 Å². The summed E-state index contributed by atoms with van der Waals surface area (Å²) in [6.45, 7) is 6.40. The van der Waals surface area contributed by atoms with Crippen molar-refractivity contribution in [3.8, 4) is 0 Å². The Morgan fingerprint density at radius 2 is 1.77 bits per heavy atom. The molecule has 2 aromatic rings. The van der Waals surface area contributed by atoms with Gasteiger partial charge < -0.3 is 10.2 Å². The predicted molar refractivity (Wildman–Crippen MR) is 89.8 cm³/mol. The second kappa shape index (κ2) is 6.73. The lowest BCUT2D eigenvalue weighted by atomic mass is 10.0. The molecule has 22 heavy (non-hydrogen) atoms. The monoisotopic (exact) mass is 297 g/mol. The Bertz CT molecular complexity index is 612. The van der Waals surface area contributed by atoms with Crippen molar-refractivity contribution >= 4 is 17.5 Å². The first-order valence-electron chi connectivity index (χ1n) is 8.14. The number of hydrogen-bond donors (Lipinski definition) is 1. The normalized spacial score (nSPS) is 14.4. The quantitative estimate of drug-likeness (QED) is 0.917. The van der Waals surface area contributed by atoms with Gasteiger partial charge in [-0.2, -0.15) is 10.1 Å². The van der Waals surface area contributed by atoms with E-state index in [0.29, 0.717) is 0 Å². The number of hydrogen-bond acceptors (Lipinski definition) is 5. The molecule has 0 amide bonds. The van der Waals surface area contributed by atoms with E-state index >= 15 is 0 Å². The highest BCUT2D eigenvalue weighted by molar-refractivity contribution is 5.65. The molecule has 0 bridgehead atoms. The third-order valence-electron chi connectivity index (χ3n) is 4.19. The standard InChI is InChI=1S/C17H23N5/c1-3-13-8-7-9-14(4-2)16(13)19-15-12-18-21-17(20-15)22-10-5-6-11-22/h7-9,12H,3-6,10-11H2,1-2H3,(H,19,20,21). The summed E-state index contributed by atoms with van der Waals surface area (Å²) < 4.78 is 0. The van der Waals surface area contributed by atoms with Crippen LogP contribution in [0.15, 0.2) is 24.4 Å². The topological polar surface area (TPSA) is 53.9 Å². The third kappa shape index (κ3) is 3.03. The summed E-state index contributed by atoms with van der Waals surface area (Å²) in [5.74, 6) is 1.50. The molecule has 5 nitrogen and oxygen atoms in total. The van der Waals surface area contributed by atoms with Crippen molar-refractivity contribution in [1.82, 2.24) is 15.2 Å². The molecule has 0 spiro atoms. The van der Waals surface area contributed by atoms with Crippen molar-refractivity contribution in [3.05, 3.63) is 35.5 Å². The molecule has 1 fully saturated rings. The van der Waals surface area contributed by atoms with Crippen molar-refractivity contribution in [2.75, 3.05) is 23.3 Å². The third-order valence-corrected chi connectivity index (χ3v) is 4.19. The molecule has 116 valence electrons. The maximum atomic E-state index is 4.64. The minimum absolute atomic E-state index is 0.731. The Balaban J connectivity index is 1.88. The van der Waals surface area contributed by atoms with Crippen LogP contribution in [0.3, 0.4) is 0 Å². The smallest absolute Gasteiger partial charge is 0.247 e. The van der Waals surface area contributed by atoms with Crippen LogP contribution >= 0.6 is 0 Å². The van der Waals surface area contributed by atoms with Crippen molar-refractivity contribution in [2.45, 2.75) is 39.5 Å². The summed E-state index contributed by atoms with van der Waals surface area (Å²) >= 11 is 0. The summed E-state index contributed by atoms with van der Waals surface area (Å²) in [7, 11) is 0. The lowest BCUT2D eigenvalue weighted by molar-refractivity contribution is 0.852. The first-order valence-corrected chi connectivity index (χ1v) is 8.14. The van der Waals surface area contributed by atoms with Crippen LogP contribution in [0.2, 0.25) is 0 Å². The summed E-state index contributed by atoms with van der Waals surface area (Å²) in [4.78, 5) is 6.84. The Kier molecular flexibility index (Phi) is 4.51. The highest BCUT2D eigenvalue weighted by atomic mass is 15.3. The minimum atomic E-state index is 0.731. The highest BCUT2D eigenvalue weighted by Crippen LogP contribution is 2.26. The van der Waals surface area contributed by atoms with Gasteiger partial charge in [0.05, 0.1) is 6.20 Å². The average molecular weight is 297 g/mol. The van der Waals surface area contributed by atoms with Gasteiger partial charge in [0.15, 0.2) is 5.82 Å². The summed E-state index contributed by atoms with van der Waals surface area (Å²) in [5, 5.41) is 11.8. The van der Waals surface area contributed by atoms with Crippen LogP contribution in [0, 0.1) is 0 Å². The number of aryl methyl sites for hydroxylation is 2. The van der Waals surface area contributed by atoms with Crippen LogP contribution in [0.25, 0.3) is 0 Å². The molecular weight excluding hydrogens is 274 g/mol. The van der Waals surface area contributed by atoms with Crippen molar-refractivity contribution in [3.63, 3.8) is 0 Å². The van der Waals surface area contributed by atoms with E-state index < -0.39 is 0 Å². The number of benzene rings is 1. The molecular formula is C17H23N5. The van der Waals surface area contributed by atoms with Crippen LogP contribution in [-0.2, 0) is 12.8 Å². The molecule has 0 atom stereocenters. The van der Waals surface area contributed by atoms with E-state index in [2.05, 4.69) is 57.4 Å². The molecule has 1 aliphatic rings. The number of rotatable bonds is 5. The average Bonchev–Trinajstić information content (AvgIpc) is 3.10. The second-order valence-corrected chi connectivity index (χ2v) is 5.62. The fourth-order valence-electron chi connectivity index (χ4n) is 2.94. The van der Waals surface area contributed by atoms with Gasteiger partial charge in [0.2, 0.25) is 5.95 Å². The van der Waals surface area contributed by atoms with Gasteiger partial charge in [-0.15, -0.1) is 5.10 Å². The molecule has 5 heteroatoms. The zero-order valence-electron chi connectivity index (χ0n) is 13.3. The fourth-order valence-corrected chi connectivity index (χ4v) is 2.94. The van der Waals surface area contributed by atoms with E-state index in [9.17, 15) is 0 Å². The van der Waals surface area contributed by atoms with E-state index in [4.69, 9.17) is 0 Å². The van der Waals surface area contributed by atoms with Crippen LogP contribution in [0.5, 0.6) is 0 Å². The molecule has 1 N–H and O–H groups in total. The molecule has 1 saturated heterocycles. The summed E-state index contributed by atoms with van der Waals surface area (Å²) in [5.41, 5.74) is 3.78. The van der Waals surface area contributed by atoms with Gasteiger partial charge in [-0.25, -0.2) is 0 Å². The molecule has 0 aliphatic carbocycles. The van der Waals surface area contributed by atoms with E-state index in [1.54, 1.807) is 6.20 Å². The van der Waals surface area contributed by atoms with Crippen LogP contribution in [-0.4, -0.2) is 28.3 Å². The van der Waals surface area contributed by atoms with E-state index in [0.717, 1.165) is 37.7 Å². The number of para-hydroxylation sites is 1. The van der Waals surface area contributed by atoms with Gasteiger partial charge >= 0.3 is 0 Å². The number of aromatic nitrogens is 3. The first-order chi connectivity index (χ1) is 10.8. The zero-order chi connectivity index (χ0) is 15.4. The summed E-state index contributed by atoms with van der Waals surface area (Å²) in [6, 6.07) is 6.45. The van der Waals surface area contributed by atoms with E-state index in [1.165, 1.54) is 29.7 Å². The van der Waals surface area contributed by atoms with Gasteiger partial charge in [0.25, 0.3) is 0 Å². The lowest BCUT2D eigenvalue weighted by Crippen LogP contribution is -2.21. The Labute approximate surface area is 131 Å². The van der Waals surface area contributed by atoms with Gasteiger partial charge in [0.1, 0.15) is 0 Å². The molecule has 1 aromatic heterocycles.